The van der Waals surface area contributed by atoms with Gasteiger partial charge < -0.3 is 10.2 Å². The van der Waals surface area contributed by atoms with Gasteiger partial charge in [-0.15, -0.1) is 0 Å². The number of hydrogen-bond acceptors (Lipinski definition) is 4. The van der Waals surface area contributed by atoms with Gasteiger partial charge in [-0.25, -0.2) is 12.8 Å². The fraction of sp³-hybridized carbons (Fsp3) is 0.381. The van der Waals surface area contributed by atoms with Gasteiger partial charge in [-0.2, -0.15) is 4.31 Å². The number of benzene rings is 2. The Morgan fingerprint density at radius 2 is 1.90 bits per heavy atom. The van der Waals surface area contributed by atoms with Crippen molar-refractivity contribution in [1.29, 1.82) is 0 Å². The molecule has 0 spiro atoms. The molecule has 0 aliphatic carbocycles. The lowest BCUT2D eigenvalue weighted by atomic mass is 10.2. The van der Waals surface area contributed by atoms with Crippen LogP contribution in [-0.4, -0.2) is 51.1 Å². The van der Waals surface area contributed by atoms with E-state index >= 15 is 0 Å². The van der Waals surface area contributed by atoms with Crippen LogP contribution < -0.4 is 10.2 Å². The van der Waals surface area contributed by atoms with Gasteiger partial charge in [0.2, 0.25) is 15.9 Å². The number of hydrogen-bond donors (Lipinski definition) is 1. The van der Waals surface area contributed by atoms with Crippen LogP contribution >= 0.6 is 0 Å². The van der Waals surface area contributed by atoms with Crippen molar-refractivity contribution in [2.45, 2.75) is 19.4 Å². The molecule has 0 unspecified atom stereocenters. The molecular weight excluding hydrogens is 393 g/mol. The highest BCUT2D eigenvalue weighted by atomic mass is 32.2. The van der Waals surface area contributed by atoms with Crippen molar-refractivity contribution in [2.75, 3.05) is 37.3 Å². The molecule has 0 atom stereocenters. The molecule has 3 rings (SSSR count). The summed E-state index contributed by atoms with van der Waals surface area (Å²) in [4.78, 5) is 14.5. The Hall–Kier alpha value is -2.45. The second-order valence-corrected chi connectivity index (χ2v) is 9.17. The van der Waals surface area contributed by atoms with E-state index in [9.17, 15) is 17.6 Å². The first-order valence-corrected chi connectivity index (χ1v) is 11.5. The number of fused-ring (bicyclic) bond motifs is 1. The minimum Gasteiger partial charge on any atom is -0.371 e. The highest BCUT2D eigenvalue weighted by Crippen LogP contribution is 2.27. The number of carbonyl (C=O) groups excluding carboxylic acids is 1. The Kier molecular flexibility index (Phi) is 6.87. The van der Waals surface area contributed by atoms with E-state index in [1.165, 1.54) is 29.4 Å². The Morgan fingerprint density at radius 3 is 2.66 bits per heavy atom. The summed E-state index contributed by atoms with van der Waals surface area (Å²) < 4.78 is 38.9. The molecule has 8 heteroatoms. The van der Waals surface area contributed by atoms with Gasteiger partial charge in [0.25, 0.3) is 0 Å². The maximum Gasteiger partial charge on any atom is 0.235 e. The third-order valence-electron chi connectivity index (χ3n) is 5.00. The van der Waals surface area contributed by atoms with Gasteiger partial charge in [0.1, 0.15) is 5.82 Å². The summed E-state index contributed by atoms with van der Waals surface area (Å²) >= 11 is 0. The number of amides is 1. The predicted molar refractivity (Wildman–Crippen MR) is 112 cm³/mol. The van der Waals surface area contributed by atoms with E-state index in [4.69, 9.17) is 0 Å². The van der Waals surface area contributed by atoms with E-state index < -0.39 is 21.7 Å². The van der Waals surface area contributed by atoms with Crippen LogP contribution in [0.4, 0.5) is 10.1 Å². The van der Waals surface area contributed by atoms with Crippen LogP contribution in [0.25, 0.3) is 0 Å². The number of rotatable bonds is 9. The van der Waals surface area contributed by atoms with Crippen LogP contribution in [0.3, 0.4) is 0 Å². The van der Waals surface area contributed by atoms with Crippen molar-refractivity contribution in [3.05, 3.63) is 65.5 Å². The molecular formula is C21H26FN3O3S. The topological polar surface area (TPSA) is 69.7 Å². The summed E-state index contributed by atoms with van der Waals surface area (Å²) in [5.41, 5.74) is 2.82. The Morgan fingerprint density at radius 1 is 1.17 bits per heavy atom. The quantitative estimate of drug-likeness (QED) is 0.633. The predicted octanol–water partition coefficient (Wildman–Crippen LogP) is 2.16. The van der Waals surface area contributed by atoms with Gasteiger partial charge >= 0.3 is 0 Å². The molecule has 0 saturated carbocycles. The van der Waals surface area contributed by atoms with Gasteiger partial charge in [0, 0.05) is 37.4 Å². The average Bonchev–Trinajstić information content (AvgIpc) is 3.09. The Labute approximate surface area is 171 Å². The fourth-order valence-electron chi connectivity index (χ4n) is 3.46. The summed E-state index contributed by atoms with van der Waals surface area (Å²) in [6.45, 7) is 1.73. The normalized spacial score (nSPS) is 13.6. The number of nitrogens with zero attached hydrogens (tertiary/aromatic N) is 2. The lowest BCUT2D eigenvalue weighted by molar-refractivity contribution is -0.121. The van der Waals surface area contributed by atoms with Crippen LogP contribution in [0, 0.1) is 5.82 Å². The standard InChI is InChI=1S/C21H26FN3O3S/c1-29(27,28)25(15-18-8-2-4-9-19(18)22)16-21(26)23-12-6-13-24-14-11-17-7-3-5-10-20(17)24/h2-5,7-10H,6,11-16H2,1H3,(H,23,26). The summed E-state index contributed by atoms with van der Waals surface area (Å²) in [6.07, 6.45) is 2.81. The largest absolute Gasteiger partial charge is 0.371 e. The highest BCUT2D eigenvalue weighted by Gasteiger charge is 2.22. The van der Waals surface area contributed by atoms with E-state index in [1.54, 1.807) is 6.07 Å². The first-order valence-electron chi connectivity index (χ1n) is 9.62. The summed E-state index contributed by atoms with van der Waals surface area (Å²) in [5, 5.41) is 2.77. The number of sulfonamides is 1. The maximum atomic E-state index is 13.9. The van der Waals surface area contributed by atoms with Crippen molar-refractivity contribution >= 4 is 21.6 Å². The summed E-state index contributed by atoms with van der Waals surface area (Å²) in [5.74, 6) is -0.888. The van der Waals surface area contributed by atoms with Crippen molar-refractivity contribution in [1.82, 2.24) is 9.62 Å². The van der Waals surface area contributed by atoms with Crippen LogP contribution in [0.5, 0.6) is 0 Å². The third-order valence-corrected chi connectivity index (χ3v) is 6.20. The molecule has 2 aromatic rings. The average molecular weight is 420 g/mol. The molecule has 1 amide bonds. The van der Waals surface area contributed by atoms with Crippen LogP contribution in [0.15, 0.2) is 48.5 Å². The monoisotopic (exact) mass is 419 g/mol. The van der Waals surface area contributed by atoms with E-state index in [-0.39, 0.29) is 18.7 Å². The van der Waals surface area contributed by atoms with Gasteiger partial charge in [-0.1, -0.05) is 36.4 Å². The number of halogens is 1. The van der Waals surface area contributed by atoms with Crippen LogP contribution in [0.2, 0.25) is 0 Å². The number of para-hydroxylation sites is 1. The minimum atomic E-state index is -3.65. The van der Waals surface area contributed by atoms with Gasteiger partial charge in [-0.3, -0.25) is 4.79 Å². The third kappa shape index (κ3) is 5.77. The summed E-state index contributed by atoms with van der Waals surface area (Å²) in [7, 11) is -3.65. The van der Waals surface area contributed by atoms with Crippen LogP contribution in [0.1, 0.15) is 17.5 Å². The van der Waals surface area contributed by atoms with Crippen molar-refractivity contribution < 1.29 is 17.6 Å². The van der Waals surface area contributed by atoms with Gasteiger partial charge in [-0.05, 0) is 30.5 Å². The molecule has 29 heavy (non-hydrogen) atoms. The molecule has 0 aromatic heterocycles. The molecule has 1 heterocycles. The SMILES string of the molecule is CS(=O)(=O)N(CC(=O)NCCCN1CCc2ccccc21)Cc1ccccc1F. The lowest BCUT2D eigenvalue weighted by Gasteiger charge is -2.21. The molecule has 0 saturated heterocycles. The van der Waals surface area contributed by atoms with Gasteiger partial charge in [0.05, 0.1) is 12.8 Å². The number of carbonyl (C=O) groups is 1. The van der Waals surface area contributed by atoms with E-state index in [0.717, 1.165) is 36.5 Å². The Balaban J connectivity index is 1.47. The highest BCUT2D eigenvalue weighted by molar-refractivity contribution is 7.88. The first-order chi connectivity index (χ1) is 13.8. The van der Waals surface area contributed by atoms with Crippen molar-refractivity contribution in [3.8, 4) is 0 Å². The zero-order valence-corrected chi connectivity index (χ0v) is 17.3. The van der Waals surface area contributed by atoms with E-state index in [2.05, 4.69) is 22.3 Å². The zero-order valence-electron chi connectivity index (χ0n) is 16.5. The van der Waals surface area contributed by atoms with Crippen molar-refractivity contribution in [2.24, 2.45) is 0 Å². The molecule has 1 N–H and O–H groups in total. The fourth-order valence-corrected chi connectivity index (χ4v) is 4.19. The molecule has 1 aliphatic heterocycles. The second kappa shape index (κ2) is 9.37. The van der Waals surface area contributed by atoms with Crippen LogP contribution in [-0.2, 0) is 27.8 Å². The van der Waals surface area contributed by atoms with E-state index in [0.29, 0.717) is 6.54 Å². The van der Waals surface area contributed by atoms with Gasteiger partial charge in [0.15, 0.2) is 0 Å². The lowest BCUT2D eigenvalue weighted by Crippen LogP contribution is -2.40. The van der Waals surface area contributed by atoms with Crippen molar-refractivity contribution in [3.63, 3.8) is 0 Å². The molecule has 2 aromatic carbocycles. The molecule has 156 valence electrons. The zero-order chi connectivity index (χ0) is 20.9. The minimum absolute atomic E-state index is 0.177. The molecule has 1 aliphatic rings. The first kappa shape index (κ1) is 21.3. The summed E-state index contributed by atoms with van der Waals surface area (Å²) in [6, 6.07) is 14.3. The Bertz CT molecular complexity index is 965. The van der Waals surface area contributed by atoms with E-state index in [1.807, 2.05) is 12.1 Å². The smallest absolute Gasteiger partial charge is 0.235 e. The molecule has 0 radical (unpaired) electrons. The second-order valence-electron chi connectivity index (χ2n) is 7.19. The number of nitrogens with one attached hydrogen (secondary N) is 1. The molecule has 6 nitrogen and oxygen atoms in total. The molecule has 0 bridgehead atoms. The molecule has 0 fully saturated rings. The number of anilines is 1. The maximum absolute atomic E-state index is 13.9.